The fourth-order valence-electron chi connectivity index (χ4n) is 4.87. The van der Waals surface area contributed by atoms with Crippen LogP contribution >= 0.6 is 12.6 Å². The van der Waals surface area contributed by atoms with Crippen molar-refractivity contribution in [2.24, 2.45) is 23.7 Å². The maximum atomic E-state index is 8.96. The second-order valence-corrected chi connectivity index (χ2v) is 6.68. The predicted molar refractivity (Wildman–Crippen MR) is 68.3 cm³/mol. The summed E-state index contributed by atoms with van der Waals surface area (Å²) in [5.41, 5.74) is 0.349. The lowest BCUT2D eigenvalue weighted by Crippen LogP contribution is -2.43. The fourth-order valence-corrected chi connectivity index (χ4v) is 5.07. The molecule has 5 rings (SSSR count). The Morgan fingerprint density at radius 2 is 1.72 bits per heavy atom. The largest absolute Gasteiger partial charge is 0.433 e. The van der Waals surface area contributed by atoms with E-state index in [1.165, 1.54) is 32.1 Å². The lowest BCUT2D eigenvalue weighted by Gasteiger charge is -2.53. The molecule has 0 atom stereocenters. The maximum absolute atomic E-state index is 8.96. The monoisotopic (exact) mass is 260 g/mol. The number of nitriles is 1. The number of hydrogen-bond donors (Lipinski definition) is 1. The molecule has 0 aromatic carbocycles. The summed E-state index contributed by atoms with van der Waals surface area (Å²) in [6.45, 7) is 0. The van der Waals surface area contributed by atoms with Crippen molar-refractivity contribution < 1.29 is 4.42 Å². The molecule has 4 fully saturated rings. The van der Waals surface area contributed by atoms with Crippen LogP contribution in [0.3, 0.4) is 0 Å². The molecule has 1 aromatic rings. The zero-order valence-electron chi connectivity index (χ0n) is 10.2. The normalized spacial score (nSPS) is 41.0. The van der Waals surface area contributed by atoms with Crippen LogP contribution in [0.2, 0.25) is 0 Å². The Bertz CT molecular complexity index is 502. The molecule has 18 heavy (non-hydrogen) atoms. The molecule has 0 amide bonds. The van der Waals surface area contributed by atoms with Gasteiger partial charge in [0.2, 0.25) is 5.89 Å². The average Bonchev–Trinajstić information content (AvgIpc) is 2.69. The lowest BCUT2D eigenvalue weighted by molar-refractivity contribution is -0.0124. The van der Waals surface area contributed by atoms with E-state index in [-0.39, 0.29) is 0 Å². The summed E-state index contributed by atoms with van der Waals surface area (Å²) in [5.74, 6) is 4.60. The van der Waals surface area contributed by atoms with Gasteiger partial charge in [-0.2, -0.15) is 5.26 Å². The lowest BCUT2D eigenvalue weighted by atomic mass is 9.52. The highest BCUT2D eigenvalue weighted by Crippen LogP contribution is 2.59. The van der Waals surface area contributed by atoms with Gasteiger partial charge in [-0.25, -0.2) is 4.98 Å². The molecule has 0 saturated heterocycles. The van der Waals surface area contributed by atoms with Gasteiger partial charge in [-0.3, -0.25) is 0 Å². The first kappa shape index (κ1) is 10.9. The number of aromatic nitrogens is 1. The van der Waals surface area contributed by atoms with Crippen molar-refractivity contribution in [1.29, 1.82) is 5.26 Å². The van der Waals surface area contributed by atoms with E-state index in [2.05, 4.69) is 23.7 Å². The summed E-state index contributed by atoms with van der Waals surface area (Å²) in [4.78, 5) is 4.37. The molecule has 0 radical (unpaired) electrons. The number of oxazole rings is 1. The van der Waals surface area contributed by atoms with Crippen molar-refractivity contribution >= 4 is 12.6 Å². The van der Waals surface area contributed by atoms with E-state index >= 15 is 0 Å². The highest BCUT2D eigenvalue weighted by molar-refractivity contribution is 7.80. The Kier molecular flexibility index (Phi) is 2.29. The van der Waals surface area contributed by atoms with Crippen LogP contribution in [0.25, 0.3) is 0 Å². The Morgan fingerprint density at radius 1 is 1.11 bits per heavy atom. The maximum Gasteiger partial charge on any atom is 0.200 e. The van der Waals surface area contributed by atoms with Crippen molar-refractivity contribution in [2.75, 3.05) is 0 Å². The van der Waals surface area contributed by atoms with E-state index in [1.54, 1.807) is 0 Å². The van der Waals surface area contributed by atoms with Crippen LogP contribution in [0.15, 0.2) is 9.51 Å². The highest BCUT2D eigenvalue weighted by atomic mass is 32.1. The first-order valence-corrected chi connectivity index (χ1v) is 7.29. The average molecular weight is 260 g/mol. The molecule has 4 bridgehead atoms. The highest BCUT2D eigenvalue weighted by Gasteiger charge is 2.50. The molecule has 94 valence electrons. The van der Waals surface area contributed by atoms with Crippen LogP contribution in [-0.2, 0) is 0 Å². The van der Waals surface area contributed by atoms with Gasteiger partial charge in [0.25, 0.3) is 0 Å². The molecular formula is C14H16N2OS. The first-order valence-electron chi connectivity index (χ1n) is 6.84. The van der Waals surface area contributed by atoms with Crippen molar-refractivity contribution in [2.45, 2.75) is 43.1 Å². The Balaban J connectivity index is 1.70. The molecule has 4 heteroatoms. The molecule has 0 spiro atoms. The van der Waals surface area contributed by atoms with Gasteiger partial charge in [-0.15, -0.1) is 12.6 Å². The van der Waals surface area contributed by atoms with E-state index in [0.717, 1.165) is 29.6 Å². The summed E-state index contributed by atoms with van der Waals surface area (Å²) in [7, 11) is 0. The summed E-state index contributed by atoms with van der Waals surface area (Å²) in [6, 6.07) is 2.06. The number of hydrogen-bond acceptors (Lipinski definition) is 4. The minimum atomic E-state index is 0.349. The SMILES string of the molecule is N#Cc1nc(C2C3CC4CC(C3)CC2C4)oc1S. The molecule has 0 N–H and O–H groups in total. The Morgan fingerprint density at radius 3 is 2.22 bits per heavy atom. The second-order valence-electron chi connectivity index (χ2n) is 6.27. The molecule has 1 aromatic heterocycles. The van der Waals surface area contributed by atoms with E-state index in [4.69, 9.17) is 9.68 Å². The molecule has 1 heterocycles. The van der Waals surface area contributed by atoms with Gasteiger partial charge in [0.1, 0.15) is 6.07 Å². The Labute approximate surface area is 112 Å². The summed E-state index contributed by atoms with van der Waals surface area (Å²) in [6.07, 6.45) is 6.80. The van der Waals surface area contributed by atoms with E-state index in [9.17, 15) is 0 Å². The first-order chi connectivity index (χ1) is 8.74. The van der Waals surface area contributed by atoms with Crippen LogP contribution in [0.4, 0.5) is 0 Å². The Hall–Kier alpha value is -0.950. The van der Waals surface area contributed by atoms with Crippen LogP contribution in [0, 0.1) is 35.0 Å². The van der Waals surface area contributed by atoms with Gasteiger partial charge < -0.3 is 4.42 Å². The van der Waals surface area contributed by atoms with Crippen LogP contribution in [-0.4, -0.2) is 4.98 Å². The fraction of sp³-hybridized carbons (Fsp3) is 0.714. The molecule has 4 aliphatic carbocycles. The van der Waals surface area contributed by atoms with Crippen molar-refractivity contribution in [3.05, 3.63) is 11.6 Å². The zero-order valence-corrected chi connectivity index (χ0v) is 11.1. The van der Waals surface area contributed by atoms with Gasteiger partial charge in [0.15, 0.2) is 10.8 Å². The number of thiol groups is 1. The van der Waals surface area contributed by atoms with Crippen LogP contribution < -0.4 is 0 Å². The zero-order chi connectivity index (χ0) is 12.3. The third kappa shape index (κ3) is 1.46. The van der Waals surface area contributed by atoms with E-state index in [0.29, 0.717) is 16.7 Å². The number of rotatable bonds is 1. The predicted octanol–water partition coefficient (Wildman–Crippen LogP) is 3.37. The third-order valence-corrected chi connectivity index (χ3v) is 5.55. The third-order valence-electron chi connectivity index (χ3n) is 5.24. The molecule has 0 aliphatic heterocycles. The van der Waals surface area contributed by atoms with Gasteiger partial charge >= 0.3 is 0 Å². The molecule has 4 saturated carbocycles. The quantitative estimate of drug-likeness (QED) is 0.787. The number of nitrogens with zero attached hydrogens (tertiary/aromatic N) is 2. The van der Waals surface area contributed by atoms with Gasteiger partial charge in [-0.05, 0) is 55.8 Å². The van der Waals surface area contributed by atoms with Crippen LogP contribution in [0.5, 0.6) is 0 Å². The smallest absolute Gasteiger partial charge is 0.200 e. The van der Waals surface area contributed by atoms with E-state index in [1.807, 2.05) is 0 Å². The van der Waals surface area contributed by atoms with E-state index < -0.39 is 0 Å². The minimum Gasteiger partial charge on any atom is -0.433 e. The summed E-state index contributed by atoms with van der Waals surface area (Å²) in [5, 5.41) is 9.35. The van der Waals surface area contributed by atoms with Crippen molar-refractivity contribution in [3.8, 4) is 6.07 Å². The standard InChI is InChI=1S/C14H16N2OS/c15-6-11-14(18)17-13(16-11)12-9-2-7-1-8(4-9)5-10(12)3-7/h7-10,12,18H,1-5H2. The summed E-state index contributed by atoms with van der Waals surface area (Å²) >= 11 is 4.20. The van der Waals surface area contributed by atoms with Crippen molar-refractivity contribution in [1.82, 2.24) is 4.98 Å². The summed E-state index contributed by atoms with van der Waals surface area (Å²) < 4.78 is 5.66. The van der Waals surface area contributed by atoms with Crippen LogP contribution in [0.1, 0.15) is 49.6 Å². The van der Waals surface area contributed by atoms with Gasteiger partial charge in [0, 0.05) is 5.92 Å². The minimum absolute atomic E-state index is 0.349. The van der Waals surface area contributed by atoms with Gasteiger partial charge in [0.05, 0.1) is 0 Å². The second kappa shape index (κ2) is 3.77. The topological polar surface area (TPSA) is 49.8 Å². The molecule has 4 aliphatic rings. The molecule has 3 nitrogen and oxygen atoms in total. The van der Waals surface area contributed by atoms with Gasteiger partial charge in [-0.1, -0.05) is 0 Å². The molecular weight excluding hydrogens is 244 g/mol. The molecule has 0 unspecified atom stereocenters. The van der Waals surface area contributed by atoms with Crippen molar-refractivity contribution in [3.63, 3.8) is 0 Å².